The number of nitrogens with zero attached hydrogens (tertiary/aromatic N) is 1. The first-order valence-electron chi connectivity index (χ1n) is 8.07. The second-order valence-electron chi connectivity index (χ2n) is 5.83. The number of carbonyl (C=O) groups excluding carboxylic acids is 2. The Balaban J connectivity index is 1.73. The van der Waals surface area contributed by atoms with Crippen LogP contribution in [0.2, 0.25) is 5.02 Å². The smallest absolute Gasteiger partial charge is 0.331 e. The molecule has 0 saturated carbocycles. The van der Waals surface area contributed by atoms with Gasteiger partial charge in [-0.2, -0.15) is 0 Å². The molecule has 0 unspecified atom stereocenters. The van der Waals surface area contributed by atoms with Crippen molar-refractivity contribution in [1.29, 1.82) is 0 Å². The van der Waals surface area contributed by atoms with Crippen LogP contribution in [-0.2, 0) is 20.9 Å². The summed E-state index contributed by atoms with van der Waals surface area (Å²) in [6.07, 6.45) is 2.84. The fourth-order valence-corrected chi connectivity index (χ4v) is 2.32. The molecule has 0 aliphatic rings. The molecule has 1 amide bonds. The van der Waals surface area contributed by atoms with Gasteiger partial charge in [-0.3, -0.25) is 4.79 Å². The number of amides is 1. The maximum atomic E-state index is 11.8. The molecule has 0 fully saturated rings. The third-order valence-corrected chi connectivity index (χ3v) is 3.78. The summed E-state index contributed by atoms with van der Waals surface area (Å²) in [5.41, 5.74) is 2.83. The molecule has 6 heteroatoms. The van der Waals surface area contributed by atoms with Gasteiger partial charge in [0.05, 0.1) is 0 Å². The van der Waals surface area contributed by atoms with Crippen molar-refractivity contribution in [2.45, 2.75) is 6.54 Å². The number of benzene rings is 2. The molecule has 5 nitrogen and oxygen atoms in total. The first-order chi connectivity index (χ1) is 12.4. The topological polar surface area (TPSA) is 58.6 Å². The predicted octanol–water partition coefficient (Wildman–Crippen LogP) is 3.28. The van der Waals surface area contributed by atoms with E-state index in [4.69, 9.17) is 16.3 Å². The van der Waals surface area contributed by atoms with Gasteiger partial charge < -0.3 is 15.0 Å². The molecule has 0 aromatic heterocycles. The Morgan fingerprint density at radius 3 is 2.54 bits per heavy atom. The molecule has 0 atom stereocenters. The van der Waals surface area contributed by atoms with E-state index in [2.05, 4.69) is 5.32 Å². The summed E-state index contributed by atoms with van der Waals surface area (Å²) in [4.78, 5) is 25.4. The molecule has 0 radical (unpaired) electrons. The van der Waals surface area contributed by atoms with E-state index in [1.54, 1.807) is 24.3 Å². The van der Waals surface area contributed by atoms with Crippen molar-refractivity contribution in [3.63, 3.8) is 0 Å². The van der Waals surface area contributed by atoms with Crippen molar-refractivity contribution in [3.05, 3.63) is 70.8 Å². The highest BCUT2D eigenvalue weighted by Gasteiger charge is 2.05. The molecule has 0 saturated heterocycles. The number of rotatable bonds is 7. The minimum atomic E-state index is -0.588. The van der Waals surface area contributed by atoms with Gasteiger partial charge in [-0.05, 0) is 41.5 Å². The standard InChI is InChI=1S/C20H21ClN2O3/c1-23(2)18-9-6-16(7-10-18)13-22-19(24)14-26-20(25)11-8-15-4-3-5-17(21)12-15/h3-12H,13-14H2,1-2H3,(H,22,24)/b11-8+. The van der Waals surface area contributed by atoms with E-state index in [1.165, 1.54) is 6.08 Å². The highest BCUT2D eigenvalue weighted by Crippen LogP contribution is 2.12. The largest absolute Gasteiger partial charge is 0.452 e. The summed E-state index contributed by atoms with van der Waals surface area (Å²) in [6, 6.07) is 14.9. The molecule has 0 spiro atoms. The molecule has 136 valence electrons. The van der Waals surface area contributed by atoms with Crippen LogP contribution in [0.25, 0.3) is 6.08 Å². The summed E-state index contributed by atoms with van der Waals surface area (Å²) >= 11 is 5.87. The van der Waals surface area contributed by atoms with Crippen molar-refractivity contribution in [3.8, 4) is 0 Å². The molecule has 26 heavy (non-hydrogen) atoms. The fraction of sp³-hybridized carbons (Fsp3) is 0.200. The Morgan fingerprint density at radius 1 is 1.15 bits per heavy atom. The van der Waals surface area contributed by atoms with Gasteiger partial charge in [-0.1, -0.05) is 35.9 Å². The van der Waals surface area contributed by atoms with Gasteiger partial charge in [0.1, 0.15) is 0 Å². The van der Waals surface area contributed by atoms with Crippen LogP contribution in [0.4, 0.5) is 5.69 Å². The highest BCUT2D eigenvalue weighted by molar-refractivity contribution is 6.30. The number of halogens is 1. The zero-order valence-corrected chi connectivity index (χ0v) is 15.5. The van der Waals surface area contributed by atoms with Gasteiger partial charge >= 0.3 is 5.97 Å². The summed E-state index contributed by atoms with van der Waals surface area (Å²) in [6.45, 7) is 0.0525. The average Bonchev–Trinajstić information content (AvgIpc) is 2.63. The number of hydrogen-bond donors (Lipinski definition) is 1. The Kier molecular flexibility index (Phi) is 7.24. The van der Waals surface area contributed by atoms with Gasteiger partial charge in [0.15, 0.2) is 6.61 Å². The van der Waals surface area contributed by atoms with Crippen molar-refractivity contribution in [2.75, 3.05) is 25.6 Å². The molecule has 2 rings (SSSR count). The van der Waals surface area contributed by atoms with Gasteiger partial charge in [-0.15, -0.1) is 0 Å². The lowest BCUT2D eigenvalue weighted by atomic mass is 10.2. The lowest BCUT2D eigenvalue weighted by Crippen LogP contribution is -2.28. The van der Waals surface area contributed by atoms with Crippen molar-refractivity contribution >= 4 is 35.2 Å². The summed E-state index contributed by atoms with van der Waals surface area (Å²) in [5.74, 6) is -0.943. The van der Waals surface area contributed by atoms with Gasteiger partial charge in [0.25, 0.3) is 5.91 Å². The quantitative estimate of drug-likeness (QED) is 0.598. The molecule has 2 aromatic rings. The second-order valence-corrected chi connectivity index (χ2v) is 6.27. The Bertz CT molecular complexity index is 786. The van der Waals surface area contributed by atoms with E-state index in [9.17, 15) is 9.59 Å². The van der Waals surface area contributed by atoms with Crippen molar-refractivity contribution in [2.24, 2.45) is 0 Å². The third kappa shape index (κ3) is 6.61. The lowest BCUT2D eigenvalue weighted by molar-refractivity contribution is -0.143. The van der Waals surface area contributed by atoms with Crippen LogP contribution in [-0.4, -0.2) is 32.6 Å². The number of anilines is 1. The average molecular weight is 373 g/mol. The first-order valence-corrected chi connectivity index (χ1v) is 8.45. The number of nitrogens with one attached hydrogen (secondary N) is 1. The lowest BCUT2D eigenvalue weighted by Gasteiger charge is -2.12. The molecule has 2 aromatic carbocycles. The van der Waals surface area contributed by atoms with Crippen LogP contribution < -0.4 is 10.2 Å². The zero-order chi connectivity index (χ0) is 18.9. The number of esters is 1. The van der Waals surface area contributed by atoms with Crippen LogP contribution >= 0.6 is 11.6 Å². The fourth-order valence-electron chi connectivity index (χ4n) is 2.12. The second kappa shape index (κ2) is 9.63. The third-order valence-electron chi connectivity index (χ3n) is 3.55. The van der Waals surface area contributed by atoms with Crippen molar-refractivity contribution < 1.29 is 14.3 Å². The first kappa shape index (κ1) is 19.5. The molecule has 1 N–H and O–H groups in total. The predicted molar refractivity (Wildman–Crippen MR) is 104 cm³/mol. The molecule has 0 heterocycles. The minimum Gasteiger partial charge on any atom is -0.452 e. The Labute approximate surface area is 158 Å². The monoisotopic (exact) mass is 372 g/mol. The van der Waals surface area contributed by atoms with E-state index in [1.807, 2.05) is 49.3 Å². The molecule has 0 aliphatic heterocycles. The number of hydrogen-bond acceptors (Lipinski definition) is 4. The zero-order valence-electron chi connectivity index (χ0n) is 14.7. The molecular formula is C20H21ClN2O3. The van der Waals surface area contributed by atoms with Crippen molar-refractivity contribution in [1.82, 2.24) is 5.32 Å². The van der Waals surface area contributed by atoms with Crippen LogP contribution in [0.3, 0.4) is 0 Å². The van der Waals surface area contributed by atoms with E-state index in [0.717, 1.165) is 16.8 Å². The van der Waals surface area contributed by atoms with E-state index in [-0.39, 0.29) is 12.5 Å². The van der Waals surface area contributed by atoms with E-state index in [0.29, 0.717) is 11.6 Å². The molecule has 0 bridgehead atoms. The van der Waals surface area contributed by atoms with Crippen LogP contribution in [0, 0.1) is 0 Å². The Morgan fingerprint density at radius 2 is 1.88 bits per heavy atom. The highest BCUT2D eigenvalue weighted by atomic mass is 35.5. The number of ether oxygens (including phenoxy) is 1. The normalized spacial score (nSPS) is 10.6. The SMILES string of the molecule is CN(C)c1ccc(CNC(=O)COC(=O)/C=C/c2cccc(Cl)c2)cc1. The summed E-state index contributed by atoms with van der Waals surface area (Å²) in [7, 11) is 3.93. The minimum absolute atomic E-state index is 0.325. The Hall–Kier alpha value is -2.79. The molecular weight excluding hydrogens is 352 g/mol. The van der Waals surface area contributed by atoms with Gasteiger partial charge in [-0.25, -0.2) is 4.79 Å². The van der Waals surface area contributed by atoms with Gasteiger partial charge in [0, 0.05) is 37.4 Å². The van der Waals surface area contributed by atoms with Crippen LogP contribution in [0.15, 0.2) is 54.6 Å². The summed E-state index contributed by atoms with van der Waals surface area (Å²) in [5, 5.41) is 3.29. The maximum absolute atomic E-state index is 11.8. The maximum Gasteiger partial charge on any atom is 0.331 e. The summed E-state index contributed by atoms with van der Waals surface area (Å²) < 4.78 is 4.92. The van der Waals surface area contributed by atoms with Crippen LogP contribution in [0.5, 0.6) is 0 Å². The van der Waals surface area contributed by atoms with Crippen LogP contribution in [0.1, 0.15) is 11.1 Å². The molecule has 0 aliphatic carbocycles. The van der Waals surface area contributed by atoms with E-state index >= 15 is 0 Å². The van der Waals surface area contributed by atoms with Gasteiger partial charge in [0.2, 0.25) is 0 Å². The number of carbonyl (C=O) groups is 2. The van der Waals surface area contributed by atoms with E-state index < -0.39 is 5.97 Å².